The first-order chi connectivity index (χ1) is 9.02. The molecule has 2 rings (SSSR count). The van der Waals surface area contributed by atoms with Gasteiger partial charge in [-0.15, -0.1) is 0 Å². The molecule has 0 fully saturated rings. The van der Waals surface area contributed by atoms with Crippen LogP contribution in [0.4, 0.5) is 0 Å². The van der Waals surface area contributed by atoms with Crippen LogP contribution in [0.3, 0.4) is 0 Å². The molecule has 100 valence electrons. The van der Waals surface area contributed by atoms with E-state index in [9.17, 15) is 0 Å². The van der Waals surface area contributed by atoms with Crippen LogP contribution in [0, 0.1) is 20.8 Å². The zero-order valence-electron chi connectivity index (χ0n) is 11.2. The van der Waals surface area contributed by atoms with Gasteiger partial charge in [0.1, 0.15) is 0 Å². The third kappa shape index (κ3) is 3.08. The first-order valence-electron chi connectivity index (χ1n) is 6.00. The van der Waals surface area contributed by atoms with Gasteiger partial charge in [-0.05, 0) is 49.7 Å². The summed E-state index contributed by atoms with van der Waals surface area (Å²) in [6, 6.07) is 5.74. The molecule has 0 saturated carbocycles. The highest BCUT2D eigenvalue weighted by molar-refractivity contribution is 7.99. The fourth-order valence-corrected chi connectivity index (χ4v) is 3.01. The van der Waals surface area contributed by atoms with Crippen LogP contribution < -0.4 is 5.73 Å². The molecular weight excluding hydrogens is 278 g/mol. The number of rotatable bonds is 3. The number of aromatic nitrogens is 2. The zero-order valence-corrected chi connectivity index (χ0v) is 12.8. The van der Waals surface area contributed by atoms with Crippen LogP contribution in [0.1, 0.15) is 22.5 Å². The van der Waals surface area contributed by atoms with Gasteiger partial charge in [0.15, 0.2) is 5.16 Å². The molecule has 0 saturated heterocycles. The lowest BCUT2D eigenvalue weighted by molar-refractivity contribution is 0.879. The Morgan fingerprint density at radius 3 is 2.37 bits per heavy atom. The topological polar surface area (TPSA) is 51.8 Å². The van der Waals surface area contributed by atoms with Crippen LogP contribution >= 0.6 is 23.4 Å². The van der Waals surface area contributed by atoms with Gasteiger partial charge in [0, 0.05) is 22.8 Å². The highest BCUT2D eigenvalue weighted by Gasteiger charge is 2.11. The quantitative estimate of drug-likeness (QED) is 0.877. The van der Waals surface area contributed by atoms with Crippen LogP contribution in [0.2, 0.25) is 5.02 Å². The molecule has 1 heterocycles. The van der Waals surface area contributed by atoms with E-state index < -0.39 is 0 Å². The van der Waals surface area contributed by atoms with Crippen molar-refractivity contribution in [1.82, 2.24) is 9.97 Å². The van der Waals surface area contributed by atoms with Crippen molar-refractivity contribution in [3.05, 3.63) is 45.7 Å². The van der Waals surface area contributed by atoms with E-state index in [0.29, 0.717) is 16.7 Å². The molecule has 0 atom stereocenters. The van der Waals surface area contributed by atoms with Crippen molar-refractivity contribution in [2.75, 3.05) is 0 Å². The number of aryl methyl sites for hydroxylation is 2. The summed E-state index contributed by atoms with van der Waals surface area (Å²) in [5.74, 6) is 0. The van der Waals surface area contributed by atoms with Crippen LogP contribution in [-0.4, -0.2) is 9.97 Å². The van der Waals surface area contributed by atoms with Crippen molar-refractivity contribution < 1.29 is 0 Å². The maximum absolute atomic E-state index is 6.24. The van der Waals surface area contributed by atoms with E-state index in [1.54, 1.807) is 0 Å². The summed E-state index contributed by atoms with van der Waals surface area (Å²) in [6.07, 6.45) is 0. The van der Waals surface area contributed by atoms with E-state index >= 15 is 0 Å². The van der Waals surface area contributed by atoms with E-state index in [4.69, 9.17) is 17.3 Å². The molecule has 2 N–H and O–H groups in total. The van der Waals surface area contributed by atoms with Crippen LogP contribution in [0.25, 0.3) is 0 Å². The lowest BCUT2D eigenvalue weighted by atomic mass is 10.2. The minimum atomic E-state index is 0.451. The average molecular weight is 294 g/mol. The van der Waals surface area contributed by atoms with Gasteiger partial charge in [0.25, 0.3) is 0 Å². The lowest BCUT2D eigenvalue weighted by Crippen LogP contribution is -2.01. The van der Waals surface area contributed by atoms with Gasteiger partial charge in [0.05, 0.1) is 5.02 Å². The number of hydrogen-bond donors (Lipinski definition) is 1. The minimum absolute atomic E-state index is 0.451. The molecule has 0 amide bonds. The van der Waals surface area contributed by atoms with Gasteiger partial charge in [-0.2, -0.15) is 0 Å². The molecule has 1 aromatic heterocycles. The molecule has 5 heteroatoms. The van der Waals surface area contributed by atoms with Crippen LogP contribution in [-0.2, 0) is 6.54 Å². The second-order valence-electron chi connectivity index (χ2n) is 4.34. The van der Waals surface area contributed by atoms with Gasteiger partial charge in [-0.1, -0.05) is 23.7 Å². The largest absolute Gasteiger partial charge is 0.326 e. The Labute approximate surface area is 122 Å². The molecule has 1 aromatic carbocycles. The second-order valence-corrected chi connectivity index (χ2v) is 5.72. The highest BCUT2D eigenvalue weighted by Crippen LogP contribution is 2.34. The summed E-state index contributed by atoms with van der Waals surface area (Å²) in [6.45, 7) is 6.46. The maximum Gasteiger partial charge on any atom is 0.192 e. The molecule has 0 radical (unpaired) electrons. The lowest BCUT2D eigenvalue weighted by Gasteiger charge is -2.10. The molecule has 3 nitrogen and oxygen atoms in total. The number of halogens is 1. The van der Waals surface area contributed by atoms with Crippen LogP contribution in [0.15, 0.2) is 28.3 Å². The van der Waals surface area contributed by atoms with Crippen molar-refractivity contribution in [2.24, 2.45) is 5.73 Å². The van der Waals surface area contributed by atoms with Gasteiger partial charge in [-0.3, -0.25) is 0 Å². The summed E-state index contributed by atoms with van der Waals surface area (Å²) < 4.78 is 0. The van der Waals surface area contributed by atoms with E-state index in [2.05, 4.69) is 9.97 Å². The van der Waals surface area contributed by atoms with Gasteiger partial charge < -0.3 is 5.73 Å². The van der Waals surface area contributed by atoms with Crippen molar-refractivity contribution in [1.29, 1.82) is 0 Å². The zero-order chi connectivity index (χ0) is 14.0. The Hall–Kier alpha value is -1.10. The van der Waals surface area contributed by atoms with Crippen molar-refractivity contribution >= 4 is 23.4 Å². The Morgan fingerprint density at radius 1 is 1.16 bits per heavy atom. The summed E-state index contributed by atoms with van der Waals surface area (Å²) >= 11 is 7.71. The van der Waals surface area contributed by atoms with Crippen molar-refractivity contribution in [2.45, 2.75) is 37.4 Å². The van der Waals surface area contributed by atoms with E-state index in [1.165, 1.54) is 11.8 Å². The monoisotopic (exact) mass is 293 g/mol. The molecule has 0 aliphatic heterocycles. The van der Waals surface area contributed by atoms with E-state index in [1.807, 2.05) is 39.0 Å². The summed E-state index contributed by atoms with van der Waals surface area (Å²) in [7, 11) is 0. The molecule has 19 heavy (non-hydrogen) atoms. The first kappa shape index (κ1) is 14.3. The van der Waals surface area contributed by atoms with Gasteiger partial charge >= 0.3 is 0 Å². The average Bonchev–Trinajstić information content (AvgIpc) is 2.38. The normalized spacial score (nSPS) is 10.8. The van der Waals surface area contributed by atoms with Crippen LogP contribution in [0.5, 0.6) is 0 Å². The fourth-order valence-electron chi connectivity index (χ4n) is 1.71. The number of nitrogens with zero attached hydrogens (tertiary/aromatic N) is 2. The summed E-state index contributed by atoms with van der Waals surface area (Å²) in [5.41, 5.74) is 9.88. The Bertz CT molecular complexity index is 591. The second kappa shape index (κ2) is 5.90. The van der Waals surface area contributed by atoms with Crippen molar-refractivity contribution in [3.63, 3.8) is 0 Å². The SMILES string of the molecule is Cc1nc(Sc2c(Cl)cccc2CN)nc(C)c1C. The molecule has 0 bridgehead atoms. The summed E-state index contributed by atoms with van der Waals surface area (Å²) in [5, 5.41) is 1.40. The third-order valence-corrected chi connectivity index (χ3v) is 4.55. The molecule has 0 aliphatic rings. The Kier molecular flexibility index (Phi) is 4.45. The number of nitrogens with two attached hydrogens (primary N) is 1. The summed E-state index contributed by atoms with van der Waals surface area (Å²) in [4.78, 5) is 9.93. The predicted molar refractivity (Wildman–Crippen MR) is 79.7 cm³/mol. The Balaban J connectivity index is 2.42. The first-order valence-corrected chi connectivity index (χ1v) is 7.19. The molecular formula is C14H16ClN3S. The highest BCUT2D eigenvalue weighted by atomic mass is 35.5. The molecule has 2 aromatic rings. The smallest absolute Gasteiger partial charge is 0.192 e. The third-order valence-electron chi connectivity index (χ3n) is 3.07. The Morgan fingerprint density at radius 2 is 1.79 bits per heavy atom. The fraction of sp³-hybridized carbons (Fsp3) is 0.286. The number of benzene rings is 1. The molecule has 0 unspecified atom stereocenters. The maximum atomic E-state index is 6.24. The van der Waals surface area contributed by atoms with E-state index in [-0.39, 0.29) is 0 Å². The molecule has 0 aliphatic carbocycles. The molecule has 0 spiro atoms. The van der Waals surface area contributed by atoms with Gasteiger partial charge in [0.2, 0.25) is 0 Å². The number of hydrogen-bond acceptors (Lipinski definition) is 4. The standard InChI is InChI=1S/C14H16ClN3S/c1-8-9(2)17-14(18-10(8)3)19-13-11(7-16)5-4-6-12(13)15/h4-6H,7,16H2,1-3H3. The van der Waals surface area contributed by atoms with Crippen molar-refractivity contribution in [3.8, 4) is 0 Å². The predicted octanol–water partition coefficient (Wildman–Crippen LogP) is 3.67. The minimum Gasteiger partial charge on any atom is -0.326 e. The van der Waals surface area contributed by atoms with Gasteiger partial charge in [-0.25, -0.2) is 9.97 Å². The van der Waals surface area contributed by atoms with E-state index in [0.717, 1.165) is 27.4 Å².